The molecule has 0 saturated carbocycles. The Morgan fingerprint density at radius 2 is 1.93 bits per heavy atom. The van der Waals surface area contributed by atoms with E-state index < -0.39 is 6.04 Å². The topological polar surface area (TPSA) is 91.8 Å². The first-order valence-electron chi connectivity index (χ1n) is 8.61. The maximum Gasteiger partial charge on any atom is 0.252 e. The average Bonchev–Trinajstić information content (AvgIpc) is 2.97. The summed E-state index contributed by atoms with van der Waals surface area (Å²) in [6.07, 6.45) is -0.0318. The van der Waals surface area contributed by atoms with Crippen molar-refractivity contribution < 1.29 is 14.3 Å². The molecule has 0 aromatic heterocycles. The van der Waals surface area contributed by atoms with Gasteiger partial charge < -0.3 is 15.4 Å². The van der Waals surface area contributed by atoms with Crippen LogP contribution < -0.4 is 20.7 Å². The van der Waals surface area contributed by atoms with Gasteiger partial charge in [-0.1, -0.05) is 17.7 Å². The lowest BCUT2D eigenvalue weighted by molar-refractivity contribution is -0.123. The van der Waals surface area contributed by atoms with Crippen LogP contribution in [-0.4, -0.2) is 30.9 Å². The predicted octanol–water partition coefficient (Wildman–Crippen LogP) is 2.61. The molecule has 2 aromatic rings. The number of ether oxygens (including phenoxy) is 1. The first-order chi connectivity index (χ1) is 12.9. The maximum atomic E-state index is 12.2. The van der Waals surface area contributed by atoms with Crippen molar-refractivity contribution in [1.29, 1.82) is 0 Å². The number of nitrogens with one attached hydrogen (secondary N) is 3. The minimum absolute atomic E-state index is 0.0318. The number of guanidine groups is 1. The summed E-state index contributed by atoms with van der Waals surface area (Å²) in [5.41, 5.74) is 3.70. The molecule has 3 rings (SSSR count). The lowest BCUT2D eigenvalue weighted by Crippen LogP contribution is -2.34. The number of nitrogens with zero attached hydrogens (tertiary/aromatic N) is 1. The fraction of sp³-hybridized carbons (Fsp3) is 0.250. The van der Waals surface area contributed by atoms with Crippen LogP contribution in [0.3, 0.4) is 0 Å². The van der Waals surface area contributed by atoms with Gasteiger partial charge in [0.15, 0.2) is 0 Å². The van der Waals surface area contributed by atoms with E-state index in [2.05, 4.69) is 20.9 Å². The van der Waals surface area contributed by atoms with E-state index in [1.807, 2.05) is 32.0 Å². The average molecular weight is 366 g/mol. The molecule has 1 aliphatic rings. The van der Waals surface area contributed by atoms with Crippen LogP contribution in [0.2, 0.25) is 0 Å². The molecule has 2 amide bonds. The largest absolute Gasteiger partial charge is 0.497 e. The summed E-state index contributed by atoms with van der Waals surface area (Å²) in [6, 6.07) is 12.2. The van der Waals surface area contributed by atoms with Gasteiger partial charge in [-0.2, -0.15) is 0 Å². The van der Waals surface area contributed by atoms with Crippen LogP contribution in [0.15, 0.2) is 47.5 Å². The van der Waals surface area contributed by atoms with Gasteiger partial charge in [0.2, 0.25) is 11.9 Å². The van der Waals surface area contributed by atoms with Crippen molar-refractivity contribution >= 4 is 29.1 Å². The van der Waals surface area contributed by atoms with Crippen LogP contribution in [0.25, 0.3) is 0 Å². The van der Waals surface area contributed by atoms with Crippen molar-refractivity contribution in [2.24, 2.45) is 4.99 Å². The molecule has 0 unspecified atom stereocenters. The van der Waals surface area contributed by atoms with E-state index in [0.29, 0.717) is 17.4 Å². The zero-order valence-electron chi connectivity index (χ0n) is 15.5. The first kappa shape index (κ1) is 18.4. The predicted molar refractivity (Wildman–Crippen MR) is 105 cm³/mol. The summed E-state index contributed by atoms with van der Waals surface area (Å²) in [6.45, 7) is 4.00. The molecular formula is C20H22N4O3. The standard InChI is InChI=1S/C20H22N4O3/c1-12-4-9-16(13(2)10-12)22-20-23-17(19(26)24-20)11-18(25)21-14-5-7-15(27-3)8-6-14/h4-10,17H,11H2,1-3H3,(H,21,25)(H2,22,23,24,26)/t17-/m0/s1. The first-order valence-corrected chi connectivity index (χ1v) is 8.61. The Hall–Kier alpha value is -3.35. The molecule has 140 valence electrons. The molecule has 0 fully saturated rings. The van der Waals surface area contributed by atoms with Gasteiger partial charge in [0.1, 0.15) is 11.8 Å². The van der Waals surface area contributed by atoms with Crippen molar-refractivity contribution in [1.82, 2.24) is 5.32 Å². The Bertz CT molecular complexity index is 891. The van der Waals surface area contributed by atoms with Gasteiger partial charge >= 0.3 is 0 Å². The quantitative estimate of drug-likeness (QED) is 0.758. The molecule has 0 bridgehead atoms. The summed E-state index contributed by atoms with van der Waals surface area (Å²) >= 11 is 0. The van der Waals surface area contributed by atoms with Crippen molar-refractivity contribution in [2.75, 3.05) is 17.7 Å². The van der Waals surface area contributed by atoms with Crippen molar-refractivity contribution in [3.63, 3.8) is 0 Å². The smallest absolute Gasteiger partial charge is 0.252 e. The van der Waals surface area contributed by atoms with E-state index in [4.69, 9.17) is 4.74 Å². The Labute approximate surface area is 157 Å². The van der Waals surface area contributed by atoms with Crippen LogP contribution in [0, 0.1) is 13.8 Å². The Morgan fingerprint density at radius 1 is 1.19 bits per heavy atom. The van der Waals surface area contributed by atoms with Gasteiger partial charge in [0, 0.05) is 11.4 Å². The van der Waals surface area contributed by atoms with Crippen LogP contribution >= 0.6 is 0 Å². The highest BCUT2D eigenvalue weighted by Gasteiger charge is 2.28. The fourth-order valence-corrected chi connectivity index (χ4v) is 2.79. The molecule has 0 radical (unpaired) electrons. The maximum absolute atomic E-state index is 12.2. The number of rotatable bonds is 5. The lowest BCUT2D eigenvalue weighted by atomic mass is 10.1. The number of amides is 2. The highest BCUT2D eigenvalue weighted by Crippen LogP contribution is 2.18. The van der Waals surface area contributed by atoms with E-state index in [-0.39, 0.29) is 18.2 Å². The van der Waals surface area contributed by atoms with Crippen molar-refractivity contribution in [2.45, 2.75) is 26.3 Å². The second kappa shape index (κ2) is 7.90. The monoisotopic (exact) mass is 366 g/mol. The van der Waals surface area contributed by atoms with Gasteiger partial charge in [0.25, 0.3) is 5.91 Å². The number of carbonyl (C=O) groups excluding carboxylic acids is 2. The third-order valence-corrected chi connectivity index (χ3v) is 4.22. The van der Waals surface area contributed by atoms with E-state index in [1.54, 1.807) is 31.4 Å². The van der Waals surface area contributed by atoms with Crippen LogP contribution in [0.4, 0.5) is 11.4 Å². The molecule has 0 saturated heterocycles. The van der Waals surface area contributed by atoms with E-state index in [0.717, 1.165) is 16.8 Å². The normalized spacial score (nSPS) is 15.7. The SMILES string of the molecule is COc1ccc(NC(=O)C[C@@H]2N=C(Nc3ccc(C)cc3C)NC2=O)cc1. The van der Waals surface area contributed by atoms with Gasteiger partial charge in [-0.25, -0.2) is 4.99 Å². The minimum atomic E-state index is -0.753. The Kier molecular flexibility index (Phi) is 5.40. The molecule has 2 aromatic carbocycles. The van der Waals surface area contributed by atoms with Gasteiger partial charge in [-0.05, 0) is 49.7 Å². The second-order valence-electron chi connectivity index (χ2n) is 6.41. The molecule has 0 aliphatic carbocycles. The second-order valence-corrected chi connectivity index (χ2v) is 6.41. The van der Waals surface area contributed by atoms with E-state index in [9.17, 15) is 9.59 Å². The molecule has 27 heavy (non-hydrogen) atoms. The molecule has 7 nitrogen and oxygen atoms in total. The molecular weight excluding hydrogens is 344 g/mol. The van der Waals surface area contributed by atoms with Crippen LogP contribution in [0.5, 0.6) is 5.75 Å². The third kappa shape index (κ3) is 4.63. The number of methoxy groups -OCH3 is 1. The van der Waals surface area contributed by atoms with Gasteiger partial charge in [-0.15, -0.1) is 0 Å². The summed E-state index contributed by atoms with van der Waals surface area (Å²) in [5.74, 6) is 0.480. The van der Waals surface area contributed by atoms with Crippen molar-refractivity contribution in [3.8, 4) is 5.75 Å². The lowest BCUT2D eigenvalue weighted by Gasteiger charge is -2.09. The summed E-state index contributed by atoms with van der Waals surface area (Å²) in [7, 11) is 1.58. The van der Waals surface area contributed by atoms with Crippen molar-refractivity contribution in [3.05, 3.63) is 53.6 Å². The Balaban J connectivity index is 1.60. The molecule has 1 atom stereocenters. The zero-order valence-corrected chi connectivity index (χ0v) is 15.5. The van der Waals surface area contributed by atoms with E-state index >= 15 is 0 Å². The summed E-state index contributed by atoms with van der Waals surface area (Å²) in [5, 5.41) is 8.54. The Morgan fingerprint density at radius 3 is 2.59 bits per heavy atom. The van der Waals surface area contributed by atoms with Crippen LogP contribution in [0.1, 0.15) is 17.5 Å². The minimum Gasteiger partial charge on any atom is -0.497 e. The molecule has 3 N–H and O–H groups in total. The summed E-state index contributed by atoms with van der Waals surface area (Å²) < 4.78 is 5.08. The van der Waals surface area contributed by atoms with Gasteiger partial charge in [-0.3, -0.25) is 14.9 Å². The number of benzene rings is 2. The molecule has 1 heterocycles. The van der Waals surface area contributed by atoms with E-state index in [1.165, 1.54) is 0 Å². The molecule has 0 spiro atoms. The zero-order chi connectivity index (χ0) is 19.4. The highest BCUT2D eigenvalue weighted by atomic mass is 16.5. The van der Waals surface area contributed by atoms with Gasteiger partial charge in [0.05, 0.1) is 13.5 Å². The highest BCUT2D eigenvalue weighted by molar-refractivity contribution is 6.12. The third-order valence-electron chi connectivity index (χ3n) is 4.22. The van der Waals surface area contributed by atoms with Crippen LogP contribution in [-0.2, 0) is 9.59 Å². The number of aryl methyl sites for hydroxylation is 2. The number of carbonyl (C=O) groups is 2. The fourth-order valence-electron chi connectivity index (χ4n) is 2.79. The number of hydrogen-bond acceptors (Lipinski definition) is 5. The molecule has 7 heteroatoms. The number of hydrogen-bond donors (Lipinski definition) is 3. The number of anilines is 2. The summed E-state index contributed by atoms with van der Waals surface area (Å²) in [4.78, 5) is 28.6. The number of aliphatic imine (C=N–C) groups is 1. The molecule has 1 aliphatic heterocycles.